The normalized spacial score (nSPS) is 23.6. The molecule has 1 amide bonds. The molecule has 0 radical (unpaired) electrons. The van der Waals surface area contributed by atoms with Crippen LogP contribution in [0.1, 0.15) is 45.0 Å². The number of hydrogen-bond donors (Lipinski definition) is 3. The fraction of sp³-hybridized carbons (Fsp3) is 0.500. The summed E-state index contributed by atoms with van der Waals surface area (Å²) in [5, 5.41) is 11.7. The Hall–Kier alpha value is -1.40. The second kappa shape index (κ2) is 5.49. The van der Waals surface area contributed by atoms with E-state index in [9.17, 15) is 9.59 Å². The quantitative estimate of drug-likeness (QED) is 0.773. The molecule has 5 nitrogen and oxygen atoms in total. The van der Waals surface area contributed by atoms with E-state index in [1.54, 1.807) is 0 Å². The first kappa shape index (κ1) is 13.0. The van der Waals surface area contributed by atoms with Crippen molar-refractivity contribution in [1.82, 2.24) is 5.32 Å². The van der Waals surface area contributed by atoms with Crippen LogP contribution in [0.2, 0.25) is 0 Å². The highest BCUT2D eigenvalue weighted by molar-refractivity contribution is 7.15. The molecule has 6 heteroatoms. The molecular formula is C12H16N2O3S. The molecule has 2 rings (SSSR count). The molecule has 98 valence electrons. The van der Waals surface area contributed by atoms with E-state index in [-0.39, 0.29) is 22.9 Å². The van der Waals surface area contributed by atoms with Gasteiger partial charge in [0.05, 0.1) is 4.88 Å². The van der Waals surface area contributed by atoms with Gasteiger partial charge in [0.1, 0.15) is 4.88 Å². The number of hydrogen-bond acceptors (Lipinski definition) is 4. The Labute approximate surface area is 109 Å². The minimum Gasteiger partial charge on any atom is -0.477 e. The van der Waals surface area contributed by atoms with Crippen LogP contribution in [-0.4, -0.2) is 29.1 Å². The van der Waals surface area contributed by atoms with Crippen LogP contribution in [0, 0.1) is 0 Å². The van der Waals surface area contributed by atoms with Gasteiger partial charge < -0.3 is 16.2 Å². The molecule has 18 heavy (non-hydrogen) atoms. The molecule has 1 aliphatic rings. The maximum Gasteiger partial charge on any atom is 0.345 e. The number of carboxylic acid groups (broad SMARTS) is 1. The van der Waals surface area contributed by atoms with Crippen LogP contribution in [0.4, 0.5) is 0 Å². The SMILES string of the molecule is NC1CCCCC1NC(=O)c1ccc(C(=O)O)s1. The zero-order chi connectivity index (χ0) is 13.1. The zero-order valence-electron chi connectivity index (χ0n) is 9.89. The number of nitrogens with one attached hydrogen (secondary N) is 1. The number of amides is 1. The van der Waals surface area contributed by atoms with Gasteiger partial charge in [-0.25, -0.2) is 4.79 Å². The maximum atomic E-state index is 11.9. The Kier molecular flexibility index (Phi) is 3.98. The number of carbonyl (C=O) groups is 2. The number of thiophene rings is 1. The summed E-state index contributed by atoms with van der Waals surface area (Å²) in [5.41, 5.74) is 5.95. The van der Waals surface area contributed by atoms with Gasteiger partial charge in [-0.3, -0.25) is 4.79 Å². The highest BCUT2D eigenvalue weighted by Crippen LogP contribution is 2.20. The lowest BCUT2D eigenvalue weighted by Crippen LogP contribution is -2.49. The summed E-state index contributed by atoms with van der Waals surface area (Å²) in [6, 6.07) is 2.99. The molecule has 2 atom stereocenters. The van der Waals surface area contributed by atoms with Crippen molar-refractivity contribution in [1.29, 1.82) is 0 Å². The third-order valence-electron chi connectivity index (χ3n) is 3.18. The lowest BCUT2D eigenvalue weighted by Gasteiger charge is -2.29. The van der Waals surface area contributed by atoms with Crippen molar-refractivity contribution in [3.63, 3.8) is 0 Å². The summed E-state index contributed by atoms with van der Waals surface area (Å²) >= 11 is 0.986. The van der Waals surface area contributed by atoms with Crippen molar-refractivity contribution in [2.75, 3.05) is 0 Å². The molecule has 1 heterocycles. The minimum atomic E-state index is -1.01. The van der Waals surface area contributed by atoms with Crippen molar-refractivity contribution in [3.8, 4) is 0 Å². The Balaban J connectivity index is 2.00. The summed E-state index contributed by atoms with van der Waals surface area (Å²) in [5.74, 6) is -1.23. The molecule has 1 fully saturated rings. The van der Waals surface area contributed by atoms with Crippen LogP contribution in [-0.2, 0) is 0 Å². The van der Waals surface area contributed by atoms with Crippen molar-refractivity contribution < 1.29 is 14.7 Å². The van der Waals surface area contributed by atoms with Crippen molar-refractivity contribution in [2.24, 2.45) is 5.73 Å². The fourth-order valence-electron chi connectivity index (χ4n) is 2.15. The number of rotatable bonds is 3. The largest absolute Gasteiger partial charge is 0.477 e. The van der Waals surface area contributed by atoms with Crippen molar-refractivity contribution in [2.45, 2.75) is 37.8 Å². The second-order valence-electron chi connectivity index (χ2n) is 4.50. The van der Waals surface area contributed by atoms with Gasteiger partial charge in [-0.05, 0) is 25.0 Å². The maximum absolute atomic E-state index is 11.9. The lowest BCUT2D eigenvalue weighted by molar-refractivity contribution is 0.0702. The van der Waals surface area contributed by atoms with E-state index in [2.05, 4.69) is 5.32 Å². The number of aromatic carboxylic acids is 1. The van der Waals surface area contributed by atoms with Crippen molar-refractivity contribution in [3.05, 3.63) is 21.9 Å². The van der Waals surface area contributed by atoms with Gasteiger partial charge in [0.25, 0.3) is 5.91 Å². The van der Waals surface area contributed by atoms with Gasteiger partial charge in [-0.15, -0.1) is 11.3 Å². The van der Waals surface area contributed by atoms with Crippen LogP contribution in [0.15, 0.2) is 12.1 Å². The average molecular weight is 268 g/mol. The predicted octanol–water partition coefficient (Wildman–Crippen LogP) is 1.45. The van der Waals surface area contributed by atoms with Crippen molar-refractivity contribution >= 4 is 23.2 Å². The van der Waals surface area contributed by atoms with Gasteiger partial charge in [-0.2, -0.15) is 0 Å². The molecule has 1 aliphatic carbocycles. The first-order valence-corrected chi connectivity index (χ1v) is 6.79. The van der Waals surface area contributed by atoms with E-state index in [1.165, 1.54) is 12.1 Å². The second-order valence-corrected chi connectivity index (χ2v) is 5.58. The zero-order valence-corrected chi connectivity index (χ0v) is 10.7. The molecule has 0 aromatic carbocycles. The van der Waals surface area contributed by atoms with Gasteiger partial charge in [0.2, 0.25) is 0 Å². The first-order chi connectivity index (χ1) is 8.58. The van der Waals surface area contributed by atoms with E-state index < -0.39 is 5.97 Å². The number of carboxylic acids is 1. The Morgan fingerprint density at radius 3 is 2.56 bits per heavy atom. The van der Waals surface area contributed by atoms with E-state index in [0.29, 0.717) is 4.88 Å². The monoisotopic (exact) mass is 268 g/mol. The molecule has 0 spiro atoms. The van der Waals surface area contributed by atoms with Crippen LogP contribution < -0.4 is 11.1 Å². The molecule has 0 bridgehead atoms. The molecule has 1 saturated carbocycles. The lowest BCUT2D eigenvalue weighted by atomic mass is 9.91. The van der Waals surface area contributed by atoms with E-state index >= 15 is 0 Å². The highest BCUT2D eigenvalue weighted by Gasteiger charge is 2.24. The molecule has 0 saturated heterocycles. The first-order valence-electron chi connectivity index (χ1n) is 5.97. The average Bonchev–Trinajstić information content (AvgIpc) is 2.81. The Morgan fingerprint density at radius 1 is 1.28 bits per heavy atom. The number of nitrogens with two attached hydrogens (primary N) is 1. The van der Waals surface area contributed by atoms with Crippen LogP contribution >= 0.6 is 11.3 Å². The Bertz CT molecular complexity index is 458. The number of carbonyl (C=O) groups excluding carboxylic acids is 1. The molecule has 1 aromatic heterocycles. The van der Waals surface area contributed by atoms with E-state index in [0.717, 1.165) is 37.0 Å². The summed E-state index contributed by atoms with van der Waals surface area (Å²) < 4.78 is 0. The third-order valence-corrected chi connectivity index (χ3v) is 4.25. The fourth-order valence-corrected chi connectivity index (χ4v) is 2.90. The summed E-state index contributed by atoms with van der Waals surface area (Å²) in [7, 11) is 0. The molecule has 4 N–H and O–H groups in total. The van der Waals surface area contributed by atoms with Gasteiger partial charge in [0.15, 0.2) is 0 Å². The summed E-state index contributed by atoms with van der Waals surface area (Å²) in [4.78, 5) is 23.3. The van der Waals surface area contributed by atoms with Gasteiger partial charge in [-0.1, -0.05) is 12.8 Å². The highest BCUT2D eigenvalue weighted by atomic mass is 32.1. The summed E-state index contributed by atoms with van der Waals surface area (Å²) in [6.07, 6.45) is 4.00. The van der Waals surface area contributed by atoms with Crippen LogP contribution in [0.25, 0.3) is 0 Å². The van der Waals surface area contributed by atoms with Gasteiger partial charge in [0, 0.05) is 12.1 Å². The minimum absolute atomic E-state index is 0.00149. The molecule has 2 unspecified atom stereocenters. The topological polar surface area (TPSA) is 92.4 Å². The van der Waals surface area contributed by atoms with Gasteiger partial charge >= 0.3 is 5.97 Å². The van der Waals surface area contributed by atoms with Crippen LogP contribution in [0.5, 0.6) is 0 Å². The molecular weight excluding hydrogens is 252 g/mol. The predicted molar refractivity (Wildman–Crippen MR) is 69.0 cm³/mol. The smallest absolute Gasteiger partial charge is 0.345 e. The van der Waals surface area contributed by atoms with Crippen LogP contribution in [0.3, 0.4) is 0 Å². The standard InChI is InChI=1S/C12H16N2O3S/c13-7-3-1-2-4-8(7)14-11(15)9-5-6-10(18-9)12(16)17/h5-8H,1-4,13H2,(H,14,15)(H,16,17). The summed E-state index contributed by atoms with van der Waals surface area (Å²) in [6.45, 7) is 0. The molecule has 0 aliphatic heterocycles. The Morgan fingerprint density at radius 2 is 1.94 bits per heavy atom. The van der Waals surface area contributed by atoms with E-state index in [4.69, 9.17) is 10.8 Å². The third kappa shape index (κ3) is 2.88. The van der Waals surface area contributed by atoms with E-state index in [1.807, 2.05) is 0 Å². The molecule has 1 aromatic rings.